The second-order valence-electron chi connectivity index (χ2n) is 3.02. The fraction of sp³-hybridized carbons (Fsp3) is 0.364. The smallest absolute Gasteiger partial charge is 0.138 e. The topological polar surface area (TPSA) is 50.1 Å². The lowest BCUT2D eigenvalue weighted by molar-refractivity contribution is -0.109. The van der Waals surface area contributed by atoms with Crippen LogP contribution in [0.25, 0.3) is 0 Å². The number of hydrogen-bond acceptors (Lipinski definition) is 2. The van der Waals surface area contributed by atoms with Gasteiger partial charge in [-0.15, -0.1) is 0 Å². The van der Waals surface area contributed by atoms with E-state index in [0.717, 1.165) is 11.3 Å². The zero-order chi connectivity index (χ0) is 10.4. The molecule has 1 rings (SSSR count). The highest BCUT2D eigenvalue weighted by atomic mass is 16.5. The molecular formula is C11H14NO2. The number of aldehydes is 1. The van der Waals surface area contributed by atoms with Gasteiger partial charge in [-0.1, -0.05) is 12.1 Å². The van der Waals surface area contributed by atoms with Crippen molar-refractivity contribution < 1.29 is 9.53 Å². The average molecular weight is 192 g/mol. The highest BCUT2D eigenvalue weighted by molar-refractivity contribution is 5.57. The van der Waals surface area contributed by atoms with Crippen LogP contribution in [0.2, 0.25) is 0 Å². The van der Waals surface area contributed by atoms with Crippen LogP contribution in [0.3, 0.4) is 0 Å². The van der Waals surface area contributed by atoms with Gasteiger partial charge in [0.15, 0.2) is 0 Å². The maximum absolute atomic E-state index is 10.3. The van der Waals surface area contributed by atoms with Crippen molar-refractivity contribution in [1.29, 1.82) is 0 Å². The predicted molar refractivity (Wildman–Crippen MR) is 54.3 cm³/mol. The number of carbonyl (C=O) groups excluding carboxylic acids is 1. The first-order chi connectivity index (χ1) is 6.76. The van der Waals surface area contributed by atoms with Gasteiger partial charge in [-0.25, -0.2) is 5.73 Å². The molecule has 0 heterocycles. The van der Waals surface area contributed by atoms with Crippen molar-refractivity contribution in [2.24, 2.45) is 0 Å². The molecule has 0 spiro atoms. The third-order valence-corrected chi connectivity index (χ3v) is 1.85. The molecule has 1 aromatic carbocycles. The molecule has 1 radical (unpaired) electrons. The summed E-state index contributed by atoms with van der Waals surface area (Å²) >= 11 is 0. The second-order valence-corrected chi connectivity index (χ2v) is 3.02. The molecule has 3 heteroatoms. The summed E-state index contributed by atoms with van der Waals surface area (Å²) < 4.78 is 5.28. The van der Waals surface area contributed by atoms with Crippen molar-refractivity contribution in [2.75, 3.05) is 6.61 Å². The molecule has 1 aromatic rings. The first-order valence-corrected chi connectivity index (χ1v) is 4.64. The summed E-state index contributed by atoms with van der Waals surface area (Å²) in [5, 5.41) is 0. The lowest BCUT2D eigenvalue weighted by Crippen LogP contribution is -2.13. The molecule has 0 fully saturated rings. The Labute approximate surface area is 83.9 Å². The third-order valence-electron chi connectivity index (χ3n) is 1.85. The van der Waals surface area contributed by atoms with Crippen LogP contribution in [-0.4, -0.2) is 18.9 Å². The van der Waals surface area contributed by atoms with Gasteiger partial charge in [-0.05, 0) is 31.0 Å². The van der Waals surface area contributed by atoms with Gasteiger partial charge in [0.2, 0.25) is 0 Å². The maximum atomic E-state index is 10.3. The van der Waals surface area contributed by atoms with Gasteiger partial charge in [0.25, 0.3) is 0 Å². The number of carbonyl (C=O) groups is 1. The van der Waals surface area contributed by atoms with Crippen molar-refractivity contribution in [2.45, 2.75) is 19.4 Å². The second kappa shape index (κ2) is 5.40. The van der Waals surface area contributed by atoms with E-state index < -0.39 is 6.04 Å². The average Bonchev–Trinajstić information content (AvgIpc) is 2.21. The minimum atomic E-state index is -0.659. The summed E-state index contributed by atoms with van der Waals surface area (Å²) in [5.41, 5.74) is 8.28. The summed E-state index contributed by atoms with van der Waals surface area (Å²) in [7, 11) is 0. The van der Waals surface area contributed by atoms with E-state index in [2.05, 4.69) is 0 Å². The molecular weight excluding hydrogens is 178 g/mol. The number of benzene rings is 1. The van der Waals surface area contributed by atoms with Gasteiger partial charge >= 0.3 is 0 Å². The molecule has 0 aromatic heterocycles. The summed E-state index contributed by atoms with van der Waals surface area (Å²) in [5.74, 6) is 0.823. The quantitative estimate of drug-likeness (QED) is 0.663. The van der Waals surface area contributed by atoms with E-state index in [1.54, 1.807) is 0 Å². The lowest BCUT2D eigenvalue weighted by Gasteiger charge is -2.05. The Bertz CT molecular complexity index is 282. The van der Waals surface area contributed by atoms with Crippen molar-refractivity contribution in [3.63, 3.8) is 0 Å². The predicted octanol–water partition coefficient (Wildman–Crippen LogP) is 1.48. The minimum absolute atomic E-state index is 0.468. The van der Waals surface area contributed by atoms with Gasteiger partial charge in [-0.2, -0.15) is 0 Å². The van der Waals surface area contributed by atoms with Crippen molar-refractivity contribution in [1.82, 2.24) is 5.73 Å². The molecule has 1 atom stereocenters. The molecule has 14 heavy (non-hydrogen) atoms. The fourth-order valence-electron chi connectivity index (χ4n) is 1.19. The highest BCUT2D eigenvalue weighted by Crippen LogP contribution is 2.12. The molecule has 0 saturated heterocycles. The fourth-order valence-corrected chi connectivity index (χ4v) is 1.19. The van der Waals surface area contributed by atoms with E-state index in [-0.39, 0.29) is 0 Å². The van der Waals surface area contributed by atoms with Gasteiger partial charge in [0.05, 0.1) is 12.6 Å². The van der Waals surface area contributed by atoms with E-state index in [1.165, 1.54) is 0 Å². The zero-order valence-electron chi connectivity index (χ0n) is 8.19. The van der Waals surface area contributed by atoms with Crippen LogP contribution in [-0.2, 0) is 11.2 Å². The van der Waals surface area contributed by atoms with Crippen LogP contribution in [0.5, 0.6) is 5.75 Å². The molecule has 0 aliphatic heterocycles. The number of rotatable bonds is 5. The zero-order valence-corrected chi connectivity index (χ0v) is 8.19. The van der Waals surface area contributed by atoms with Crippen LogP contribution in [0, 0.1) is 0 Å². The molecule has 0 amide bonds. The first-order valence-electron chi connectivity index (χ1n) is 4.64. The summed E-state index contributed by atoms with van der Waals surface area (Å²) in [6.45, 7) is 2.58. The van der Waals surface area contributed by atoms with Gasteiger partial charge in [0.1, 0.15) is 12.0 Å². The maximum Gasteiger partial charge on any atom is 0.138 e. The summed E-state index contributed by atoms with van der Waals surface area (Å²) in [6, 6.07) is 6.83. The highest BCUT2D eigenvalue weighted by Gasteiger charge is 2.02. The molecule has 0 saturated carbocycles. The van der Waals surface area contributed by atoms with Crippen LogP contribution in [0.15, 0.2) is 24.3 Å². The van der Waals surface area contributed by atoms with Gasteiger partial charge in [0, 0.05) is 0 Å². The van der Waals surface area contributed by atoms with Crippen molar-refractivity contribution in [3.05, 3.63) is 29.8 Å². The van der Waals surface area contributed by atoms with E-state index in [9.17, 15) is 4.79 Å². The number of ether oxygens (including phenoxy) is 1. The molecule has 75 valence electrons. The van der Waals surface area contributed by atoms with Gasteiger partial charge < -0.3 is 9.53 Å². The third kappa shape index (κ3) is 3.18. The normalized spacial score (nSPS) is 12.1. The Morgan fingerprint density at radius 3 is 2.57 bits per heavy atom. The number of nitrogens with one attached hydrogen (secondary N) is 1. The standard InChI is InChI=1S/C11H14NO2/c1-2-14-11-5-3-9(4-6-11)7-10(12)8-13/h3-6,8,10,12H,2,7H2,1H3/t10-/m1/s1. The molecule has 1 N–H and O–H groups in total. The summed E-state index contributed by atoms with van der Waals surface area (Å²) in [6.07, 6.45) is 1.12. The number of hydrogen-bond donors (Lipinski definition) is 0. The Morgan fingerprint density at radius 2 is 2.07 bits per heavy atom. The monoisotopic (exact) mass is 192 g/mol. The Hall–Kier alpha value is -1.35. The Morgan fingerprint density at radius 1 is 1.43 bits per heavy atom. The minimum Gasteiger partial charge on any atom is -0.494 e. The van der Waals surface area contributed by atoms with E-state index in [1.807, 2.05) is 31.2 Å². The largest absolute Gasteiger partial charge is 0.494 e. The first kappa shape index (κ1) is 10.7. The van der Waals surface area contributed by atoms with Crippen molar-refractivity contribution >= 4 is 6.29 Å². The molecule has 0 aliphatic carbocycles. The van der Waals surface area contributed by atoms with Gasteiger partial charge in [-0.3, -0.25) is 0 Å². The molecule has 0 aliphatic rings. The van der Waals surface area contributed by atoms with Crippen molar-refractivity contribution in [3.8, 4) is 5.75 Å². The Kier molecular flexibility index (Phi) is 4.13. The molecule has 0 bridgehead atoms. The molecule has 3 nitrogen and oxygen atoms in total. The van der Waals surface area contributed by atoms with Crippen LogP contribution < -0.4 is 10.5 Å². The van der Waals surface area contributed by atoms with Crippen LogP contribution >= 0.6 is 0 Å². The summed E-state index contributed by atoms with van der Waals surface area (Å²) in [4.78, 5) is 10.3. The Balaban J connectivity index is 2.59. The van der Waals surface area contributed by atoms with Crippen LogP contribution in [0.4, 0.5) is 0 Å². The van der Waals surface area contributed by atoms with E-state index in [4.69, 9.17) is 10.5 Å². The van der Waals surface area contributed by atoms with E-state index in [0.29, 0.717) is 19.3 Å². The SMILES string of the molecule is CCOc1ccc(C[C@@H]([NH])C=O)cc1. The van der Waals surface area contributed by atoms with E-state index >= 15 is 0 Å². The molecule has 0 unspecified atom stereocenters. The lowest BCUT2D eigenvalue weighted by atomic mass is 10.1. The van der Waals surface area contributed by atoms with Crippen LogP contribution in [0.1, 0.15) is 12.5 Å².